The number of pyridine rings is 1. The molecule has 0 radical (unpaired) electrons. The van der Waals surface area contributed by atoms with Crippen molar-refractivity contribution in [1.82, 2.24) is 34.2 Å². The van der Waals surface area contributed by atoms with E-state index in [-0.39, 0.29) is 23.6 Å². The molecule has 2 fully saturated rings. The van der Waals surface area contributed by atoms with E-state index in [9.17, 15) is 23.5 Å². The highest BCUT2D eigenvalue weighted by Crippen LogP contribution is 2.39. The number of alkyl halides is 3. The molecule has 1 aliphatic carbocycles. The average Bonchev–Trinajstić information content (AvgIpc) is 3.68. The van der Waals surface area contributed by atoms with Crippen molar-refractivity contribution in [2.24, 2.45) is 0 Å². The molecular weight excluding hydrogens is 641 g/mol. The van der Waals surface area contributed by atoms with E-state index < -0.39 is 32.1 Å². The zero-order chi connectivity index (χ0) is 34.1. The van der Waals surface area contributed by atoms with Crippen molar-refractivity contribution in [3.8, 4) is 23.2 Å². The monoisotopic (exact) mass is 682 g/mol. The van der Waals surface area contributed by atoms with Gasteiger partial charge in [0.2, 0.25) is 5.88 Å². The smallest absolute Gasteiger partial charge is 0.433 e. The first-order chi connectivity index (χ1) is 22.9. The SMILES string of the molecule is C[Si](C)(C)CCOCn1ccc2c(-c3cnn(C4(CC#N)CN([C@H]5CC[C@H](Oc6cc(CO)cc(C(F)(F)F)n6)CC5)C4)c3)ncnc21. The molecule has 0 atom stereocenters. The zero-order valence-corrected chi connectivity index (χ0v) is 28.4. The van der Waals surface area contributed by atoms with Crippen LogP contribution < -0.4 is 4.74 Å². The molecular formula is C33H41F3N8O3Si. The zero-order valence-electron chi connectivity index (χ0n) is 27.4. The number of hydrogen-bond acceptors (Lipinski definition) is 9. The van der Waals surface area contributed by atoms with Gasteiger partial charge in [0.25, 0.3) is 0 Å². The van der Waals surface area contributed by atoms with Crippen molar-refractivity contribution in [3.05, 3.63) is 54.4 Å². The quantitative estimate of drug-likeness (QED) is 0.145. The van der Waals surface area contributed by atoms with Crippen LogP contribution in [0.5, 0.6) is 5.88 Å². The van der Waals surface area contributed by atoms with Crippen molar-refractivity contribution < 1.29 is 27.8 Å². The van der Waals surface area contributed by atoms with Crippen LogP contribution >= 0.6 is 0 Å². The number of likely N-dealkylation sites (tertiary alicyclic amines) is 1. The van der Waals surface area contributed by atoms with Gasteiger partial charge in [-0.05, 0) is 49.4 Å². The van der Waals surface area contributed by atoms with Crippen LogP contribution in [-0.2, 0) is 29.8 Å². The summed E-state index contributed by atoms with van der Waals surface area (Å²) in [5.74, 6) is -0.118. The standard InChI is InChI=1S/C33H41F3N8O3Si/c1-48(2,3)13-12-46-22-42-11-8-27-30(38-21-39-31(27)42)24-16-40-44(17-24)32(9-10-37)19-43(20-32)25-4-6-26(7-5-25)47-29-15-23(18-45)14-28(41-29)33(34,35)36/h8,11,14-17,21,25-26,45H,4-7,9,12-13,18-20,22H2,1-3H3/t25-,26-. The Balaban J connectivity index is 1.08. The number of halogens is 3. The molecule has 6 rings (SSSR count). The van der Waals surface area contributed by atoms with Gasteiger partial charge in [0.1, 0.15) is 36.0 Å². The highest BCUT2D eigenvalue weighted by Gasteiger charge is 2.48. The van der Waals surface area contributed by atoms with Gasteiger partial charge < -0.3 is 19.1 Å². The second-order valence-electron chi connectivity index (χ2n) is 14.1. The molecule has 0 amide bonds. The average molecular weight is 683 g/mol. The molecule has 11 nitrogen and oxygen atoms in total. The van der Waals surface area contributed by atoms with Gasteiger partial charge in [-0.15, -0.1) is 0 Å². The van der Waals surface area contributed by atoms with E-state index in [1.54, 1.807) is 12.5 Å². The molecule has 1 aliphatic heterocycles. The number of aliphatic hydroxyl groups excluding tert-OH is 1. The number of rotatable bonds is 12. The van der Waals surface area contributed by atoms with Gasteiger partial charge in [0, 0.05) is 63.2 Å². The Labute approximate surface area is 278 Å². The maximum Gasteiger partial charge on any atom is 0.433 e. The highest BCUT2D eigenvalue weighted by molar-refractivity contribution is 6.76. The fourth-order valence-corrected chi connectivity index (χ4v) is 7.35. The predicted molar refractivity (Wildman–Crippen MR) is 174 cm³/mol. The minimum atomic E-state index is -4.63. The first-order valence-electron chi connectivity index (χ1n) is 16.3. The number of nitrogens with zero attached hydrogens (tertiary/aromatic N) is 8. The maximum atomic E-state index is 13.3. The number of fused-ring (bicyclic) bond motifs is 1. The predicted octanol–water partition coefficient (Wildman–Crippen LogP) is 5.83. The van der Waals surface area contributed by atoms with Gasteiger partial charge in [-0.25, -0.2) is 15.0 Å². The molecule has 0 bridgehead atoms. The van der Waals surface area contributed by atoms with Crippen molar-refractivity contribution in [3.63, 3.8) is 0 Å². The largest absolute Gasteiger partial charge is 0.474 e. The molecule has 1 N–H and O–H groups in total. The Kier molecular flexibility index (Phi) is 9.63. The summed E-state index contributed by atoms with van der Waals surface area (Å²) in [6, 6.07) is 7.90. The summed E-state index contributed by atoms with van der Waals surface area (Å²) in [4.78, 5) is 15.1. The molecule has 1 saturated carbocycles. The Hall–Kier alpha value is -3.84. The van der Waals surface area contributed by atoms with E-state index in [4.69, 9.17) is 14.6 Å². The van der Waals surface area contributed by atoms with Gasteiger partial charge in [-0.2, -0.15) is 23.5 Å². The van der Waals surface area contributed by atoms with Crippen LogP contribution in [0.4, 0.5) is 13.2 Å². The summed E-state index contributed by atoms with van der Waals surface area (Å²) in [5.41, 5.74) is 0.980. The molecule has 256 valence electrons. The summed E-state index contributed by atoms with van der Waals surface area (Å²) in [7, 11) is -1.18. The Bertz CT molecular complexity index is 1770. The van der Waals surface area contributed by atoms with E-state index in [0.717, 1.165) is 53.8 Å². The lowest BCUT2D eigenvalue weighted by Crippen LogP contribution is -2.65. The minimum absolute atomic E-state index is 0.109. The molecule has 0 aromatic carbocycles. The van der Waals surface area contributed by atoms with Crippen molar-refractivity contribution in [2.45, 2.75) is 95.0 Å². The fraction of sp³-hybridized carbons (Fsp3) is 0.545. The van der Waals surface area contributed by atoms with Gasteiger partial charge in [0.05, 0.1) is 31.0 Å². The molecule has 5 heterocycles. The number of aromatic nitrogens is 6. The number of nitriles is 1. The van der Waals surface area contributed by atoms with Crippen LogP contribution in [0.25, 0.3) is 22.3 Å². The lowest BCUT2D eigenvalue weighted by molar-refractivity contribution is -0.141. The van der Waals surface area contributed by atoms with Gasteiger partial charge in [0.15, 0.2) is 0 Å². The lowest BCUT2D eigenvalue weighted by atomic mass is 9.82. The second-order valence-corrected chi connectivity index (χ2v) is 19.8. The second kappa shape index (κ2) is 13.6. The summed E-state index contributed by atoms with van der Waals surface area (Å²) < 4.78 is 55.5. The molecule has 1 saturated heterocycles. The Morgan fingerprint density at radius 1 is 1.12 bits per heavy atom. The van der Waals surface area contributed by atoms with Crippen molar-refractivity contribution >= 4 is 19.1 Å². The van der Waals surface area contributed by atoms with E-state index in [1.165, 1.54) is 6.07 Å². The molecule has 2 aliphatic rings. The summed E-state index contributed by atoms with van der Waals surface area (Å²) in [6.07, 6.45) is 5.63. The topological polar surface area (TPSA) is 127 Å². The summed E-state index contributed by atoms with van der Waals surface area (Å²) in [5, 5.41) is 24.8. The third-order valence-electron chi connectivity index (χ3n) is 9.31. The van der Waals surface area contributed by atoms with Crippen LogP contribution in [0, 0.1) is 11.3 Å². The number of aliphatic hydroxyl groups is 1. The van der Waals surface area contributed by atoms with Crippen LogP contribution in [0.2, 0.25) is 25.7 Å². The van der Waals surface area contributed by atoms with Crippen molar-refractivity contribution in [1.29, 1.82) is 5.26 Å². The summed E-state index contributed by atoms with van der Waals surface area (Å²) >= 11 is 0. The Morgan fingerprint density at radius 3 is 2.58 bits per heavy atom. The molecule has 0 unspecified atom stereocenters. The van der Waals surface area contributed by atoms with Crippen LogP contribution in [0.15, 0.2) is 43.1 Å². The maximum absolute atomic E-state index is 13.3. The normalized spacial score (nSPS) is 20.0. The van der Waals surface area contributed by atoms with Crippen molar-refractivity contribution in [2.75, 3.05) is 19.7 Å². The molecule has 0 spiro atoms. The van der Waals surface area contributed by atoms with E-state index in [0.29, 0.717) is 39.1 Å². The third-order valence-corrected chi connectivity index (χ3v) is 11.0. The van der Waals surface area contributed by atoms with Gasteiger partial charge in [-0.1, -0.05) is 19.6 Å². The molecule has 4 aromatic rings. The van der Waals surface area contributed by atoms with Crippen LogP contribution in [0.3, 0.4) is 0 Å². The first-order valence-corrected chi connectivity index (χ1v) is 20.0. The summed E-state index contributed by atoms with van der Waals surface area (Å²) in [6.45, 7) is 8.92. The Morgan fingerprint density at radius 2 is 1.90 bits per heavy atom. The van der Waals surface area contributed by atoms with E-state index in [1.807, 2.05) is 27.7 Å². The molecule has 48 heavy (non-hydrogen) atoms. The number of hydrogen-bond donors (Lipinski definition) is 1. The van der Waals surface area contributed by atoms with E-state index >= 15 is 0 Å². The van der Waals surface area contributed by atoms with Gasteiger partial charge >= 0.3 is 6.18 Å². The molecule has 15 heteroatoms. The highest BCUT2D eigenvalue weighted by atomic mass is 28.3. The first kappa shape index (κ1) is 34.0. The van der Waals surface area contributed by atoms with Crippen LogP contribution in [0.1, 0.15) is 43.4 Å². The fourth-order valence-electron chi connectivity index (χ4n) is 6.59. The molecule has 4 aromatic heterocycles. The number of ether oxygens (including phenoxy) is 2. The van der Waals surface area contributed by atoms with E-state index in [2.05, 4.69) is 45.6 Å². The third kappa shape index (κ3) is 7.41. The lowest BCUT2D eigenvalue weighted by Gasteiger charge is -2.53. The minimum Gasteiger partial charge on any atom is -0.474 e. The van der Waals surface area contributed by atoms with Crippen LogP contribution in [-0.4, -0.2) is 79.2 Å². The van der Waals surface area contributed by atoms with Gasteiger partial charge in [-0.3, -0.25) is 9.58 Å².